The molecule has 0 bridgehead atoms. The van der Waals surface area contributed by atoms with Crippen molar-refractivity contribution in [3.63, 3.8) is 0 Å². The van der Waals surface area contributed by atoms with Crippen LogP contribution in [-0.2, 0) is 0 Å². The zero-order valence-corrected chi connectivity index (χ0v) is 14.7. The van der Waals surface area contributed by atoms with Gasteiger partial charge in [0.05, 0.1) is 0 Å². The average molecular weight is 282 g/mol. The molecule has 1 nitrogen and oxygen atoms in total. The first-order valence-corrected chi connectivity index (χ1v) is 8.22. The maximum absolute atomic E-state index is 12.6. The molecule has 0 amide bonds. The Bertz CT molecular complexity index is 487. The van der Waals surface area contributed by atoms with Crippen molar-refractivity contribution in [2.45, 2.75) is 66.0 Å². The minimum absolute atomic E-state index is 0. The number of hydrogen-bond acceptors (Lipinski definition) is 1. The van der Waals surface area contributed by atoms with Crippen LogP contribution < -0.4 is 18.9 Å². The summed E-state index contributed by atoms with van der Waals surface area (Å²) in [7, 11) is 1.03. The second-order valence-electron chi connectivity index (χ2n) is 5.87. The van der Waals surface area contributed by atoms with Crippen LogP contribution in [0.1, 0.15) is 63.9 Å². The van der Waals surface area contributed by atoms with Crippen molar-refractivity contribution in [2.24, 2.45) is 0 Å². The van der Waals surface area contributed by atoms with E-state index in [0.717, 1.165) is 14.1 Å². The zero-order chi connectivity index (χ0) is 14.2. The first-order chi connectivity index (χ1) is 8.93. The Kier molecular flexibility index (Phi) is 6.52. The summed E-state index contributed by atoms with van der Waals surface area (Å²) in [5, 5.41) is 0. The third-order valence-corrected chi connectivity index (χ3v) is 6.18. The molecule has 0 radical (unpaired) electrons. The van der Waals surface area contributed by atoms with Gasteiger partial charge in [-0.3, -0.25) is 0 Å². The van der Waals surface area contributed by atoms with Crippen LogP contribution in [-0.4, -0.2) is 11.2 Å². The molecule has 1 aliphatic rings. The van der Waals surface area contributed by atoms with Gasteiger partial charge in [-0.05, 0) is 68.0 Å². The molecule has 0 aliphatic heterocycles. The number of carbonyl (C=O) groups is 1. The Balaban J connectivity index is 0.00000200. The molecule has 2 rings (SSSR count). The van der Waals surface area contributed by atoms with E-state index in [4.69, 9.17) is 0 Å². The fourth-order valence-corrected chi connectivity index (χ4v) is 4.50. The molecular weight excluding hydrogens is 258 g/mol. The van der Waals surface area contributed by atoms with Crippen LogP contribution in [0.2, 0.25) is 0 Å². The largest absolute Gasteiger partial charge is 1.00 e. The van der Waals surface area contributed by atoms with E-state index < -0.39 is 0 Å². The summed E-state index contributed by atoms with van der Waals surface area (Å²) in [5.74, 6) is 0. The third-order valence-electron chi connectivity index (χ3n) is 4.84. The molecule has 0 unspecified atom stereocenters. The minimum atomic E-state index is 0. The van der Waals surface area contributed by atoms with Crippen LogP contribution in [0.4, 0.5) is 0 Å². The maximum Gasteiger partial charge on any atom is 1.00 e. The van der Waals surface area contributed by atoms with Gasteiger partial charge in [0.1, 0.15) is 0 Å². The maximum atomic E-state index is 12.6. The van der Waals surface area contributed by atoms with Gasteiger partial charge in [0.2, 0.25) is 0 Å². The van der Waals surface area contributed by atoms with Crippen LogP contribution in [0.25, 0.3) is 0 Å². The predicted molar refractivity (Wildman–Crippen MR) is 83.6 cm³/mol. The van der Waals surface area contributed by atoms with Gasteiger partial charge >= 0.3 is 18.9 Å². The van der Waals surface area contributed by atoms with Crippen molar-refractivity contribution in [3.05, 3.63) is 33.4 Å². The molecule has 0 atom stereocenters. The van der Waals surface area contributed by atoms with E-state index in [2.05, 4.69) is 34.6 Å². The van der Waals surface area contributed by atoms with Gasteiger partial charge in [0, 0.05) is 5.52 Å². The van der Waals surface area contributed by atoms with E-state index in [-0.39, 0.29) is 18.9 Å². The molecule has 1 saturated carbocycles. The van der Waals surface area contributed by atoms with Crippen LogP contribution in [0.3, 0.4) is 0 Å². The molecule has 0 heterocycles. The third kappa shape index (κ3) is 3.39. The summed E-state index contributed by atoms with van der Waals surface area (Å²) in [4.78, 5) is 12.6. The van der Waals surface area contributed by atoms with Crippen molar-refractivity contribution in [3.8, 4) is 0 Å². The Morgan fingerprint density at radius 1 is 0.850 bits per heavy atom. The monoisotopic (exact) mass is 282 g/mol. The second kappa shape index (κ2) is 7.26. The zero-order valence-electron chi connectivity index (χ0n) is 13.8. The summed E-state index contributed by atoms with van der Waals surface area (Å²) < 4.78 is 0. The van der Waals surface area contributed by atoms with Gasteiger partial charge in [-0.25, -0.2) is 0 Å². The molecular formula is C17H24LiOP. The van der Waals surface area contributed by atoms with Crippen molar-refractivity contribution in [1.82, 2.24) is 0 Å². The molecule has 0 saturated heterocycles. The van der Waals surface area contributed by atoms with Crippen LogP contribution in [0, 0.1) is 34.6 Å². The standard InChI is InChI=1S/C17H24OP.Li/c1-10-11(2)13(4)16(14(5)12(10)3)17(18)19-15-8-6-7-9-15;/h15H,6-9H2,1-5H3;/q-1;+1. The summed E-state index contributed by atoms with van der Waals surface area (Å²) in [5.41, 5.74) is 8.23. The van der Waals surface area contributed by atoms with Gasteiger partial charge in [-0.1, -0.05) is 25.7 Å². The smallest absolute Gasteiger partial charge is 0.456 e. The SMILES string of the molecule is Cc1c(C)c(C)c(C(=O)[P-]C2CCCC2)c(C)c1C.[Li+]. The first kappa shape index (κ1) is 18.0. The summed E-state index contributed by atoms with van der Waals surface area (Å²) in [6.45, 7) is 10.6. The Morgan fingerprint density at radius 2 is 1.25 bits per heavy atom. The van der Waals surface area contributed by atoms with E-state index >= 15 is 0 Å². The minimum Gasteiger partial charge on any atom is -0.456 e. The Labute approximate surface area is 137 Å². The molecule has 104 valence electrons. The summed E-state index contributed by atoms with van der Waals surface area (Å²) >= 11 is 0. The van der Waals surface area contributed by atoms with Crippen molar-refractivity contribution in [2.75, 3.05) is 0 Å². The number of hydrogen-bond donors (Lipinski definition) is 0. The molecule has 0 N–H and O–H groups in total. The van der Waals surface area contributed by atoms with Crippen LogP contribution in [0.5, 0.6) is 0 Å². The average Bonchev–Trinajstić information content (AvgIpc) is 2.87. The number of benzene rings is 1. The topological polar surface area (TPSA) is 17.1 Å². The molecule has 1 fully saturated rings. The van der Waals surface area contributed by atoms with E-state index in [9.17, 15) is 4.79 Å². The van der Waals surface area contributed by atoms with Crippen LogP contribution >= 0.6 is 8.58 Å². The van der Waals surface area contributed by atoms with Crippen LogP contribution in [0.15, 0.2) is 0 Å². The summed E-state index contributed by atoms with van der Waals surface area (Å²) in [6.07, 6.45) is 5.06. The van der Waals surface area contributed by atoms with Gasteiger partial charge in [-0.15, -0.1) is 0 Å². The number of rotatable bonds is 3. The van der Waals surface area contributed by atoms with E-state index in [1.807, 2.05) is 0 Å². The van der Waals surface area contributed by atoms with E-state index in [0.29, 0.717) is 11.2 Å². The fourth-order valence-electron chi connectivity index (χ4n) is 3.08. The Morgan fingerprint density at radius 3 is 1.70 bits per heavy atom. The predicted octanol–water partition coefficient (Wildman–Crippen LogP) is 2.26. The normalized spacial score (nSPS) is 15.8. The molecule has 1 aromatic carbocycles. The second-order valence-corrected chi connectivity index (χ2v) is 7.27. The Hall–Kier alpha value is -0.0826. The van der Waals surface area contributed by atoms with Gasteiger partial charge in [0.15, 0.2) is 0 Å². The van der Waals surface area contributed by atoms with Gasteiger partial charge in [0.25, 0.3) is 0 Å². The molecule has 0 aromatic heterocycles. The van der Waals surface area contributed by atoms with Gasteiger partial charge in [-0.2, -0.15) is 5.66 Å². The molecule has 1 aromatic rings. The van der Waals surface area contributed by atoms with Crippen molar-refractivity contribution in [1.29, 1.82) is 0 Å². The fraction of sp³-hybridized carbons (Fsp3) is 0.588. The van der Waals surface area contributed by atoms with Crippen molar-refractivity contribution < 1.29 is 23.7 Å². The van der Waals surface area contributed by atoms with Gasteiger partial charge < -0.3 is 13.4 Å². The molecule has 1 aliphatic carbocycles. The van der Waals surface area contributed by atoms with Crippen molar-refractivity contribution >= 4 is 14.1 Å². The first-order valence-electron chi connectivity index (χ1n) is 7.25. The molecule has 20 heavy (non-hydrogen) atoms. The molecule has 3 heteroatoms. The van der Waals surface area contributed by atoms with E-state index in [1.54, 1.807) is 0 Å². The molecule has 0 spiro atoms. The van der Waals surface area contributed by atoms with E-state index in [1.165, 1.54) is 53.5 Å². The number of carbonyl (C=O) groups excluding carboxylic acids is 1. The quantitative estimate of drug-likeness (QED) is 0.614. The summed E-state index contributed by atoms with van der Waals surface area (Å²) in [6, 6.07) is 0.